The van der Waals surface area contributed by atoms with E-state index in [9.17, 15) is 9.59 Å². The zero-order chi connectivity index (χ0) is 24.2. The van der Waals surface area contributed by atoms with Crippen molar-refractivity contribution in [3.05, 3.63) is 72.4 Å². The lowest BCUT2D eigenvalue weighted by atomic mass is 10.1. The number of benzene rings is 2. The van der Waals surface area contributed by atoms with Crippen LogP contribution in [-0.4, -0.2) is 55.1 Å². The number of methoxy groups -OCH3 is 1. The predicted octanol–water partition coefficient (Wildman–Crippen LogP) is 3.65. The van der Waals surface area contributed by atoms with Crippen LogP contribution in [0.15, 0.2) is 66.9 Å². The fourth-order valence-corrected chi connectivity index (χ4v) is 3.14. The molecule has 3 rings (SSSR count). The number of carbonyl (C=O) groups excluding carboxylic acids is 2. The number of amides is 1. The topological polar surface area (TPSA) is 91.7 Å². The second-order valence-corrected chi connectivity index (χ2v) is 7.28. The molecule has 0 saturated carbocycles. The first-order valence-corrected chi connectivity index (χ1v) is 11.1. The number of nitrogens with zero attached hydrogens (tertiary/aromatic N) is 2. The van der Waals surface area contributed by atoms with Crippen molar-refractivity contribution in [2.75, 3.05) is 33.5 Å². The first-order chi connectivity index (χ1) is 16.6. The molecule has 1 amide bonds. The molecule has 3 aromatic rings. The lowest BCUT2D eigenvalue weighted by Crippen LogP contribution is -2.29. The van der Waals surface area contributed by atoms with Crippen LogP contribution in [0.3, 0.4) is 0 Å². The van der Waals surface area contributed by atoms with Crippen LogP contribution in [-0.2, 0) is 19.1 Å². The highest BCUT2D eigenvalue weighted by Gasteiger charge is 2.12. The Hall–Kier alpha value is -3.91. The number of ether oxygens (including phenoxy) is 3. The van der Waals surface area contributed by atoms with Gasteiger partial charge in [-0.2, -0.15) is 5.10 Å². The zero-order valence-electron chi connectivity index (χ0n) is 19.4. The summed E-state index contributed by atoms with van der Waals surface area (Å²) in [6.45, 7) is 3.26. The van der Waals surface area contributed by atoms with Crippen LogP contribution in [0.4, 0.5) is 0 Å². The number of hydrogen-bond donors (Lipinski definition) is 1. The molecule has 0 atom stereocenters. The summed E-state index contributed by atoms with van der Waals surface area (Å²) < 4.78 is 17.3. The minimum absolute atomic E-state index is 0.341. The molecule has 1 N–H and O–H groups in total. The van der Waals surface area contributed by atoms with Gasteiger partial charge in [-0.15, -0.1) is 0 Å². The van der Waals surface area contributed by atoms with Crippen molar-refractivity contribution < 1.29 is 23.8 Å². The summed E-state index contributed by atoms with van der Waals surface area (Å²) in [4.78, 5) is 24.0. The fraction of sp³-hybridized carbons (Fsp3) is 0.269. The second kappa shape index (κ2) is 13.0. The van der Waals surface area contributed by atoms with E-state index in [1.165, 1.54) is 6.08 Å². The van der Waals surface area contributed by atoms with Crippen LogP contribution in [0.1, 0.15) is 18.9 Å². The molecule has 8 heteroatoms. The Morgan fingerprint density at radius 3 is 2.56 bits per heavy atom. The maximum absolute atomic E-state index is 12.2. The van der Waals surface area contributed by atoms with E-state index < -0.39 is 5.97 Å². The van der Waals surface area contributed by atoms with Gasteiger partial charge in [-0.05, 0) is 55.8 Å². The van der Waals surface area contributed by atoms with E-state index in [1.54, 1.807) is 17.9 Å². The lowest BCUT2D eigenvalue weighted by molar-refractivity contribution is -0.143. The number of para-hydroxylation sites is 1. The maximum Gasteiger partial charge on any atom is 0.331 e. The van der Waals surface area contributed by atoms with Gasteiger partial charge in [0.2, 0.25) is 0 Å². The number of esters is 1. The lowest BCUT2D eigenvalue weighted by Gasteiger charge is -2.05. The van der Waals surface area contributed by atoms with E-state index in [0.717, 1.165) is 22.6 Å². The third kappa shape index (κ3) is 7.31. The first kappa shape index (κ1) is 24.7. The van der Waals surface area contributed by atoms with Gasteiger partial charge >= 0.3 is 5.97 Å². The molecule has 0 fully saturated rings. The molecule has 8 nitrogen and oxygen atoms in total. The van der Waals surface area contributed by atoms with Gasteiger partial charge in [0, 0.05) is 43.2 Å². The number of hydrogen-bond acceptors (Lipinski definition) is 6. The van der Waals surface area contributed by atoms with Crippen molar-refractivity contribution in [1.29, 1.82) is 0 Å². The summed E-state index contributed by atoms with van der Waals surface area (Å²) in [5, 5.41) is 7.40. The van der Waals surface area contributed by atoms with Crippen LogP contribution >= 0.6 is 0 Å². The molecular formula is C26H29N3O5. The van der Waals surface area contributed by atoms with E-state index in [2.05, 4.69) is 5.32 Å². The number of aromatic nitrogens is 2. The molecule has 0 aliphatic rings. The van der Waals surface area contributed by atoms with Crippen molar-refractivity contribution in [3.8, 4) is 22.7 Å². The van der Waals surface area contributed by atoms with Crippen LogP contribution in [0.2, 0.25) is 0 Å². The van der Waals surface area contributed by atoms with Gasteiger partial charge in [-0.25, -0.2) is 9.48 Å². The van der Waals surface area contributed by atoms with Crippen molar-refractivity contribution in [2.24, 2.45) is 0 Å². The van der Waals surface area contributed by atoms with Crippen LogP contribution in [0, 0.1) is 0 Å². The van der Waals surface area contributed by atoms with Gasteiger partial charge in [0.25, 0.3) is 5.91 Å². The highest BCUT2D eigenvalue weighted by Crippen LogP contribution is 2.26. The molecule has 0 saturated heterocycles. The van der Waals surface area contributed by atoms with E-state index in [0.29, 0.717) is 31.9 Å². The summed E-state index contributed by atoms with van der Waals surface area (Å²) in [6.07, 6.45) is 5.47. The van der Waals surface area contributed by atoms with Gasteiger partial charge < -0.3 is 19.5 Å². The van der Waals surface area contributed by atoms with E-state index in [-0.39, 0.29) is 12.5 Å². The smallest absolute Gasteiger partial charge is 0.331 e. The molecule has 1 aromatic heterocycles. The van der Waals surface area contributed by atoms with E-state index in [4.69, 9.17) is 19.3 Å². The predicted molar refractivity (Wildman–Crippen MR) is 130 cm³/mol. The molecule has 178 valence electrons. The summed E-state index contributed by atoms with van der Waals surface area (Å²) in [5.74, 6) is -0.227. The van der Waals surface area contributed by atoms with Gasteiger partial charge in [0.1, 0.15) is 5.75 Å². The minimum Gasteiger partial charge on any atom is -0.497 e. The summed E-state index contributed by atoms with van der Waals surface area (Å²) in [5.41, 5.74) is 3.18. The van der Waals surface area contributed by atoms with Crippen LogP contribution < -0.4 is 10.1 Å². The number of nitrogens with one attached hydrogen (secondary N) is 1. The van der Waals surface area contributed by atoms with Crippen molar-refractivity contribution in [1.82, 2.24) is 15.1 Å². The Morgan fingerprint density at radius 2 is 1.85 bits per heavy atom. The minimum atomic E-state index is -0.613. The quantitative estimate of drug-likeness (QED) is 0.250. The van der Waals surface area contributed by atoms with Crippen LogP contribution in [0.25, 0.3) is 23.0 Å². The number of carbonyl (C=O) groups is 2. The van der Waals surface area contributed by atoms with Gasteiger partial charge in [0.05, 0.1) is 18.5 Å². The zero-order valence-corrected chi connectivity index (χ0v) is 19.4. The SMILES string of the molecule is CCOCCCNC(=O)COC(=O)C=Cc1cn(-c2ccccc2)nc1-c1ccc(OC)cc1. The maximum atomic E-state index is 12.2. The first-order valence-electron chi connectivity index (χ1n) is 11.1. The Kier molecular flexibility index (Phi) is 9.42. The van der Waals surface area contributed by atoms with E-state index >= 15 is 0 Å². The Labute approximate surface area is 199 Å². The van der Waals surface area contributed by atoms with Crippen molar-refractivity contribution in [3.63, 3.8) is 0 Å². The Balaban J connectivity index is 1.67. The average Bonchev–Trinajstić information content (AvgIpc) is 3.31. The molecule has 0 radical (unpaired) electrons. The molecule has 0 unspecified atom stereocenters. The Morgan fingerprint density at radius 1 is 1.09 bits per heavy atom. The fourth-order valence-electron chi connectivity index (χ4n) is 3.14. The molecule has 0 aliphatic heterocycles. The Bertz CT molecular complexity index is 1090. The molecule has 0 bridgehead atoms. The number of rotatable bonds is 12. The normalized spacial score (nSPS) is 10.9. The standard InChI is InChI=1S/C26H29N3O5/c1-3-33-17-7-16-27-24(30)19-34-25(31)15-12-21-18-29(22-8-5-4-6-9-22)28-26(21)20-10-13-23(32-2)14-11-20/h4-6,8-15,18H,3,7,16-17,19H2,1-2H3,(H,27,30). The molecule has 0 aliphatic carbocycles. The monoisotopic (exact) mass is 463 g/mol. The van der Waals surface area contributed by atoms with Gasteiger partial charge in [0.15, 0.2) is 6.61 Å². The van der Waals surface area contributed by atoms with Crippen LogP contribution in [0.5, 0.6) is 5.75 Å². The summed E-state index contributed by atoms with van der Waals surface area (Å²) >= 11 is 0. The molecule has 0 spiro atoms. The molecule has 34 heavy (non-hydrogen) atoms. The third-order valence-corrected chi connectivity index (χ3v) is 4.86. The highest BCUT2D eigenvalue weighted by molar-refractivity contribution is 5.90. The highest BCUT2D eigenvalue weighted by atomic mass is 16.5. The molecule has 1 heterocycles. The van der Waals surface area contributed by atoms with Gasteiger partial charge in [-0.3, -0.25) is 4.79 Å². The van der Waals surface area contributed by atoms with Crippen molar-refractivity contribution in [2.45, 2.75) is 13.3 Å². The second-order valence-electron chi connectivity index (χ2n) is 7.28. The largest absolute Gasteiger partial charge is 0.497 e. The van der Waals surface area contributed by atoms with Gasteiger partial charge in [-0.1, -0.05) is 18.2 Å². The third-order valence-electron chi connectivity index (χ3n) is 4.86. The van der Waals surface area contributed by atoms with Crippen molar-refractivity contribution >= 4 is 18.0 Å². The van der Waals surface area contributed by atoms with E-state index in [1.807, 2.05) is 67.7 Å². The molecule has 2 aromatic carbocycles. The molecular weight excluding hydrogens is 434 g/mol. The summed E-state index contributed by atoms with van der Waals surface area (Å²) in [7, 11) is 1.61. The summed E-state index contributed by atoms with van der Waals surface area (Å²) in [6, 6.07) is 17.2. The average molecular weight is 464 g/mol.